The molecule has 0 aliphatic rings. The number of pyridine rings is 1. The molecule has 0 saturated carbocycles. The molecule has 5 nitrogen and oxygen atoms in total. The maximum Gasteiger partial charge on any atom is 0.244 e. The van der Waals surface area contributed by atoms with Crippen molar-refractivity contribution in [3.63, 3.8) is 0 Å². The average molecular weight is 288 g/mol. The Kier molecular flexibility index (Phi) is 5.24. The maximum absolute atomic E-state index is 11.1. The zero-order valence-corrected chi connectivity index (χ0v) is 13.6. The van der Waals surface area contributed by atoms with Crippen molar-refractivity contribution in [2.45, 2.75) is 47.0 Å². The summed E-state index contributed by atoms with van der Waals surface area (Å²) in [6, 6.07) is 3.99. The number of nitrogens with two attached hydrogens (primary N) is 1. The Morgan fingerprint density at radius 3 is 2.52 bits per heavy atom. The van der Waals surface area contributed by atoms with Crippen LogP contribution in [0.25, 0.3) is 5.52 Å². The van der Waals surface area contributed by atoms with Crippen molar-refractivity contribution < 1.29 is 4.79 Å². The van der Waals surface area contributed by atoms with E-state index < -0.39 is 5.41 Å². The molecule has 0 radical (unpaired) electrons. The van der Waals surface area contributed by atoms with E-state index >= 15 is 0 Å². The van der Waals surface area contributed by atoms with Gasteiger partial charge in [0.15, 0.2) is 0 Å². The van der Waals surface area contributed by atoms with Crippen LogP contribution >= 0.6 is 0 Å². The lowest BCUT2D eigenvalue weighted by Gasteiger charge is -2.24. The Labute approximate surface area is 125 Å². The maximum atomic E-state index is 11.1. The molecule has 0 atom stereocenters. The van der Waals surface area contributed by atoms with Crippen LogP contribution in [0.3, 0.4) is 0 Å². The van der Waals surface area contributed by atoms with Crippen LogP contribution in [0.4, 0.5) is 0 Å². The van der Waals surface area contributed by atoms with Crippen LogP contribution in [0.5, 0.6) is 0 Å². The Morgan fingerprint density at radius 1 is 1.33 bits per heavy atom. The van der Waals surface area contributed by atoms with E-state index in [2.05, 4.69) is 10.1 Å². The molecular weight excluding hydrogens is 264 g/mol. The number of nitrogens with zero attached hydrogens (tertiary/aromatic N) is 3. The smallest absolute Gasteiger partial charge is 0.244 e. The molecular formula is C16H24N4O. The highest BCUT2D eigenvalue weighted by Crippen LogP contribution is 2.24. The van der Waals surface area contributed by atoms with Crippen LogP contribution in [0, 0.1) is 6.92 Å². The molecule has 0 bridgehead atoms. The summed E-state index contributed by atoms with van der Waals surface area (Å²) in [6.45, 7) is 11.3. The molecule has 2 aromatic heterocycles. The number of amides is 1. The van der Waals surface area contributed by atoms with Gasteiger partial charge in [0, 0.05) is 18.5 Å². The van der Waals surface area contributed by atoms with Crippen molar-refractivity contribution in [2.24, 2.45) is 10.7 Å². The summed E-state index contributed by atoms with van der Waals surface area (Å²) in [5.74, 6) is 0.0183. The van der Waals surface area contributed by atoms with E-state index in [0.29, 0.717) is 5.84 Å². The van der Waals surface area contributed by atoms with Gasteiger partial charge in [-0.05, 0) is 38.0 Å². The first-order valence-corrected chi connectivity index (χ1v) is 7.12. The normalized spacial score (nSPS) is 12.0. The van der Waals surface area contributed by atoms with Crippen LogP contribution in [0.1, 0.15) is 45.7 Å². The van der Waals surface area contributed by atoms with Gasteiger partial charge in [-0.1, -0.05) is 19.9 Å². The summed E-state index contributed by atoms with van der Waals surface area (Å²) in [6.07, 6.45) is 3.74. The number of amidine groups is 1. The fourth-order valence-electron chi connectivity index (χ4n) is 1.94. The van der Waals surface area contributed by atoms with E-state index in [4.69, 9.17) is 5.73 Å². The summed E-state index contributed by atoms with van der Waals surface area (Å²) in [4.78, 5) is 14.9. The topological polar surface area (TPSA) is 72.8 Å². The predicted octanol–water partition coefficient (Wildman–Crippen LogP) is 2.85. The number of hydrogen-bond acceptors (Lipinski definition) is 2. The molecule has 114 valence electrons. The molecule has 21 heavy (non-hydrogen) atoms. The second-order valence-electron chi connectivity index (χ2n) is 5.22. The van der Waals surface area contributed by atoms with E-state index in [1.807, 2.05) is 63.7 Å². The molecule has 2 rings (SSSR count). The minimum absolute atomic E-state index is 0.290. The first-order chi connectivity index (χ1) is 9.82. The quantitative estimate of drug-likeness (QED) is 0.682. The van der Waals surface area contributed by atoms with Gasteiger partial charge < -0.3 is 5.73 Å². The van der Waals surface area contributed by atoms with Crippen molar-refractivity contribution in [1.29, 1.82) is 0 Å². The molecule has 0 aliphatic heterocycles. The molecule has 0 aromatic carbocycles. The monoisotopic (exact) mass is 288 g/mol. The van der Waals surface area contributed by atoms with Crippen LogP contribution in [0.2, 0.25) is 0 Å². The lowest BCUT2D eigenvalue weighted by molar-refractivity contribution is -0.115. The largest absolute Gasteiger partial charge is 0.386 e. The zero-order chi connectivity index (χ0) is 16.2. The number of aryl methyl sites for hydroxylation is 1. The van der Waals surface area contributed by atoms with Gasteiger partial charge in [-0.3, -0.25) is 4.79 Å². The molecule has 5 heteroatoms. The van der Waals surface area contributed by atoms with Gasteiger partial charge in [0.05, 0.1) is 11.7 Å². The lowest BCUT2D eigenvalue weighted by Crippen LogP contribution is -2.36. The summed E-state index contributed by atoms with van der Waals surface area (Å²) in [5.41, 5.74) is 8.56. The van der Waals surface area contributed by atoms with Crippen molar-refractivity contribution in [3.05, 3.63) is 35.7 Å². The van der Waals surface area contributed by atoms with Crippen LogP contribution in [0.15, 0.2) is 29.5 Å². The highest BCUT2D eigenvalue weighted by Gasteiger charge is 2.26. The molecule has 0 fully saturated rings. The molecule has 0 unspecified atom stereocenters. The summed E-state index contributed by atoms with van der Waals surface area (Å²) >= 11 is 0. The van der Waals surface area contributed by atoms with E-state index in [-0.39, 0.29) is 5.91 Å². The van der Waals surface area contributed by atoms with Crippen molar-refractivity contribution in [3.8, 4) is 0 Å². The summed E-state index contributed by atoms with van der Waals surface area (Å²) in [7, 11) is 0. The van der Waals surface area contributed by atoms with Gasteiger partial charge in [-0.15, -0.1) is 0 Å². The first kappa shape index (κ1) is 16.9. The van der Waals surface area contributed by atoms with Gasteiger partial charge in [-0.2, -0.15) is 5.10 Å². The SMILES string of the molecule is CC.CC(=O)N=C(N)C(C)(C)c1ccc2c(C)cnn2c1. The van der Waals surface area contributed by atoms with Crippen LogP contribution in [-0.2, 0) is 10.2 Å². The fourth-order valence-corrected chi connectivity index (χ4v) is 1.94. The molecule has 2 N–H and O–H groups in total. The van der Waals surface area contributed by atoms with Gasteiger partial charge >= 0.3 is 0 Å². The predicted molar refractivity (Wildman–Crippen MR) is 86.6 cm³/mol. The van der Waals surface area contributed by atoms with Crippen molar-refractivity contribution in [1.82, 2.24) is 9.61 Å². The number of aliphatic imine (C=N–C) groups is 1. The van der Waals surface area contributed by atoms with E-state index in [1.54, 1.807) is 0 Å². The van der Waals surface area contributed by atoms with Crippen molar-refractivity contribution in [2.75, 3.05) is 0 Å². The molecule has 0 aliphatic carbocycles. The average Bonchev–Trinajstić information content (AvgIpc) is 2.81. The molecule has 0 saturated heterocycles. The van der Waals surface area contributed by atoms with Crippen molar-refractivity contribution >= 4 is 17.3 Å². The third kappa shape index (κ3) is 3.48. The third-order valence-corrected chi connectivity index (χ3v) is 3.35. The fraction of sp³-hybridized carbons (Fsp3) is 0.438. The molecule has 2 aromatic rings. The number of carbonyl (C=O) groups excluding carboxylic acids is 1. The Bertz CT molecular complexity index is 668. The molecule has 2 heterocycles. The Hall–Kier alpha value is -2.17. The lowest BCUT2D eigenvalue weighted by atomic mass is 9.84. The van der Waals surface area contributed by atoms with Gasteiger partial charge in [0.25, 0.3) is 0 Å². The van der Waals surface area contributed by atoms with Gasteiger partial charge in [-0.25, -0.2) is 9.51 Å². The number of aromatic nitrogens is 2. The number of fused-ring (bicyclic) bond motifs is 1. The second kappa shape index (κ2) is 6.52. The number of carbonyl (C=O) groups is 1. The zero-order valence-electron chi connectivity index (χ0n) is 13.6. The van der Waals surface area contributed by atoms with Gasteiger partial charge in [0.1, 0.15) is 5.84 Å². The molecule has 1 amide bonds. The highest BCUT2D eigenvalue weighted by molar-refractivity contribution is 5.98. The van der Waals surface area contributed by atoms with E-state index in [0.717, 1.165) is 16.6 Å². The standard InChI is InChI=1S/C14H18N4O.C2H6/c1-9-7-16-18-8-11(5-6-12(9)18)14(3,4)13(15)17-10(2)19;1-2/h5-8H,1-4H3,(H2,15,17,19);1-2H3. The van der Waals surface area contributed by atoms with E-state index in [9.17, 15) is 4.79 Å². The minimum atomic E-state index is -0.514. The van der Waals surface area contributed by atoms with Crippen LogP contribution < -0.4 is 5.73 Å². The van der Waals surface area contributed by atoms with E-state index in [1.165, 1.54) is 6.92 Å². The minimum Gasteiger partial charge on any atom is -0.386 e. The Morgan fingerprint density at radius 2 is 1.95 bits per heavy atom. The Balaban J connectivity index is 0.00000106. The molecule has 0 spiro atoms. The summed E-state index contributed by atoms with van der Waals surface area (Å²) < 4.78 is 1.81. The number of rotatable bonds is 2. The second-order valence-corrected chi connectivity index (χ2v) is 5.22. The van der Waals surface area contributed by atoms with Crippen LogP contribution in [-0.4, -0.2) is 21.4 Å². The number of hydrogen-bond donors (Lipinski definition) is 1. The summed E-state index contributed by atoms with van der Waals surface area (Å²) in [5, 5.41) is 4.28. The van der Waals surface area contributed by atoms with Gasteiger partial charge in [0.2, 0.25) is 5.91 Å². The third-order valence-electron chi connectivity index (χ3n) is 3.35. The first-order valence-electron chi connectivity index (χ1n) is 7.12. The highest BCUT2D eigenvalue weighted by atomic mass is 16.1.